The molecule has 1 aliphatic carbocycles. The van der Waals surface area contributed by atoms with Gasteiger partial charge in [0, 0.05) is 36.6 Å². The molecule has 1 saturated carbocycles. The van der Waals surface area contributed by atoms with Crippen LogP contribution in [0, 0.1) is 13.8 Å². The normalized spacial score (nSPS) is 17.9. The summed E-state index contributed by atoms with van der Waals surface area (Å²) in [5, 5.41) is 3.44. The maximum absolute atomic E-state index is 5.79. The van der Waals surface area contributed by atoms with Gasteiger partial charge in [0.15, 0.2) is 5.82 Å². The molecule has 4 heteroatoms. The van der Waals surface area contributed by atoms with E-state index in [1.165, 1.54) is 18.4 Å². The number of nitrogens with one attached hydrogen (secondary N) is 1. The van der Waals surface area contributed by atoms with Crippen molar-refractivity contribution in [3.8, 4) is 0 Å². The fraction of sp³-hybridized carbons (Fsp3) is 0.750. The Morgan fingerprint density at radius 3 is 2.15 bits per heavy atom. The van der Waals surface area contributed by atoms with Crippen molar-refractivity contribution in [3.05, 3.63) is 22.8 Å². The number of rotatable bonds is 5. The van der Waals surface area contributed by atoms with Gasteiger partial charge in [-0.15, -0.1) is 0 Å². The second kappa shape index (κ2) is 6.19. The molecular formula is C16H27N3O. The summed E-state index contributed by atoms with van der Waals surface area (Å²) >= 11 is 0. The first-order valence-corrected chi connectivity index (χ1v) is 7.61. The number of aryl methyl sites for hydroxylation is 2. The van der Waals surface area contributed by atoms with Crippen LogP contribution in [0.5, 0.6) is 0 Å². The number of hydrogen-bond donors (Lipinski definition) is 1. The summed E-state index contributed by atoms with van der Waals surface area (Å²) in [6.07, 6.45) is 4.47. The SMILES string of the molecule is COC1(c2nc(C)c(CNC(C)C)c(C)n2)CCCC1. The van der Waals surface area contributed by atoms with Crippen LogP contribution < -0.4 is 5.32 Å². The second-order valence-corrected chi connectivity index (χ2v) is 6.14. The van der Waals surface area contributed by atoms with Crippen LogP contribution in [-0.4, -0.2) is 23.1 Å². The van der Waals surface area contributed by atoms with E-state index < -0.39 is 0 Å². The van der Waals surface area contributed by atoms with Gasteiger partial charge in [-0.2, -0.15) is 0 Å². The molecule has 1 N–H and O–H groups in total. The molecule has 2 rings (SSSR count). The van der Waals surface area contributed by atoms with Gasteiger partial charge in [0.1, 0.15) is 5.60 Å². The molecule has 0 atom stereocenters. The molecule has 0 aromatic carbocycles. The van der Waals surface area contributed by atoms with E-state index in [0.717, 1.165) is 36.6 Å². The molecule has 0 amide bonds. The largest absolute Gasteiger partial charge is 0.370 e. The van der Waals surface area contributed by atoms with E-state index in [0.29, 0.717) is 6.04 Å². The first-order chi connectivity index (χ1) is 9.48. The zero-order valence-electron chi connectivity index (χ0n) is 13.4. The standard InChI is InChI=1S/C16H27N3O/c1-11(2)17-10-14-12(3)18-15(19-13(14)4)16(20-5)8-6-7-9-16/h11,17H,6-10H2,1-5H3. The first-order valence-electron chi connectivity index (χ1n) is 7.61. The molecule has 1 fully saturated rings. The molecule has 20 heavy (non-hydrogen) atoms. The zero-order chi connectivity index (χ0) is 14.8. The fourth-order valence-corrected chi connectivity index (χ4v) is 2.97. The van der Waals surface area contributed by atoms with Gasteiger partial charge < -0.3 is 10.1 Å². The third-order valence-electron chi connectivity index (χ3n) is 4.32. The van der Waals surface area contributed by atoms with E-state index in [1.807, 2.05) is 0 Å². The summed E-state index contributed by atoms with van der Waals surface area (Å²) in [6, 6.07) is 0.466. The molecule has 1 aliphatic rings. The lowest BCUT2D eigenvalue weighted by molar-refractivity contribution is -0.0166. The van der Waals surface area contributed by atoms with E-state index in [4.69, 9.17) is 14.7 Å². The van der Waals surface area contributed by atoms with Crippen LogP contribution in [0.25, 0.3) is 0 Å². The Morgan fingerprint density at radius 2 is 1.70 bits per heavy atom. The predicted octanol–water partition coefficient (Wildman–Crippen LogP) is 3.01. The Hall–Kier alpha value is -1.00. The van der Waals surface area contributed by atoms with E-state index in [1.54, 1.807) is 7.11 Å². The molecule has 1 heterocycles. The Kier molecular flexibility index (Phi) is 4.76. The summed E-state index contributed by atoms with van der Waals surface area (Å²) in [5.74, 6) is 0.876. The topological polar surface area (TPSA) is 47.0 Å². The third-order valence-corrected chi connectivity index (χ3v) is 4.32. The van der Waals surface area contributed by atoms with Crippen molar-refractivity contribution in [3.63, 3.8) is 0 Å². The summed E-state index contributed by atoms with van der Waals surface area (Å²) in [7, 11) is 1.79. The highest BCUT2D eigenvalue weighted by molar-refractivity contribution is 5.26. The summed E-state index contributed by atoms with van der Waals surface area (Å²) < 4.78 is 5.79. The van der Waals surface area contributed by atoms with Crippen molar-refractivity contribution in [1.29, 1.82) is 0 Å². The molecule has 0 saturated heterocycles. The summed E-state index contributed by atoms with van der Waals surface area (Å²) in [6.45, 7) is 9.29. The lowest BCUT2D eigenvalue weighted by atomic mass is 10.00. The van der Waals surface area contributed by atoms with Gasteiger partial charge in [-0.1, -0.05) is 13.8 Å². The number of aromatic nitrogens is 2. The van der Waals surface area contributed by atoms with Crippen LogP contribution in [0.4, 0.5) is 0 Å². The molecule has 0 spiro atoms. The van der Waals surface area contributed by atoms with Crippen LogP contribution in [0.15, 0.2) is 0 Å². The van der Waals surface area contributed by atoms with E-state index in [2.05, 4.69) is 33.0 Å². The average Bonchev–Trinajstić information content (AvgIpc) is 2.87. The van der Waals surface area contributed by atoms with Gasteiger partial charge in [0.25, 0.3) is 0 Å². The molecule has 112 valence electrons. The average molecular weight is 277 g/mol. The fourth-order valence-electron chi connectivity index (χ4n) is 2.97. The van der Waals surface area contributed by atoms with Crippen LogP contribution in [0.2, 0.25) is 0 Å². The minimum atomic E-state index is -0.250. The Bertz CT molecular complexity index is 442. The molecule has 0 aliphatic heterocycles. The van der Waals surface area contributed by atoms with Crippen molar-refractivity contribution < 1.29 is 4.74 Å². The predicted molar refractivity (Wildman–Crippen MR) is 80.6 cm³/mol. The third kappa shape index (κ3) is 3.01. The van der Waals surface area contributed by atoms with Crippen LogP contribution in [0.1, 0.15) is 62.3 Å². The molecule has 4 nitrogen and oxygen atoms in total. The Balaban J connectivity index is 2.29. The molecule has 0 unspecified atom stereocenters. The minimum Gasteiger partial charge on any atom is -0.370 e. The Morgan fingerprint density at radius 1 is 1.15 bits per heavy atom. The van der Waals surface area contributed by atoms with Gasteiger partial charge in [0.2, 0.25) is 0 Å². The van der Waals surface area contributed by atoms with Gasteiger partial charge in [-0.3, -0.25) is 0 Å². The molecule has 1 aromatic heterocycles. The number of methoxy groups -OCH3 is 1. The second-order valence-electron chi connectivity index (χ2n) is 6.14. The van der Waals surface area contributed by atoms with Gasteiger partial charge in [-0.05, 0) is 39.5 Å². The summed E-state index contributed by atoms with van der Waals surface area (Å²) in [4.78, 5) is 9.52. The highest BCUT2D eigenvalue weighted by Crippen LogP contribution is 2.40. The first kappa shape index (κ1) is 15.4. The lowest BCUT2D eigenvalue weighted by Crippen LogP contribution is -2.29. The quantitative estimate of drug-likeness (QED) is 0.898. The lowest BCUT2D eigenvalue weighted by Gasteiger charge is -2.27. The van der Waals surface area contributed by atoms with Crippen molar-refractivity contribution in [2.24, 2.45) is 0 Å². The maximum Gasteiger partial charge on any atom is 0.160 e. The zero-order valence-corrected chi connectivity index (χ0v) is 13.4. The van der Waals surface area contributed by atoms with E-state index in [-0.39, 0.29) is 5.60 Å². The highest BCUT2D eigenvalue weighted by Gasteiger charge is 2.38. The van der Waals surface area contributed by atoms with Gasteiger partial charge in [0.05, 0.1) is 0 Å². The number of nitrogens with zero attached hydrogens (tertiary/aromatic N) is 2. The van der Waals surface area contributed by atoms with E-state index >= 15 is 0 Å². The molecule has 0 bridgehead atoms. The maximum atomic E-state index is 5.79. The van der Waals surface area contributed by atoms with Gasteiger partial charge >= 0.3 is 0 Å². The molecular weight excluding hydrogens is 250 g/mol. The summed E-state index contributed by atoms with van der Waals surface area (Å²) in [5.41, 5.74) is 3.11. The minimum absolute atomic E-state index is 0.250. The molecule has 1 aromatic rings. The molecule has 0 radical (unpaired) electrons. The van der Waals surface area contributed by atoms with Crippen LogP contribution >= 0.6 is 0 Å². The van der Waals surface area contributed by atoms with Crippen LogP contribution in [-0.2, 0) is 16.9 Å². The Labute approximate surface area is 122 Å². The smallest absolute Gasteiger partial charge is 0.160 e. The van der Waals surface area contributed by atoms with Crippen molar-refractivity contribution >= 4 is 0 Å². The number of hydrogen-bond acceptors (Lipinski definition) is 4. The van der Waals surface area contributed by atoms with Crippen molar-refractivity contribution in [2.75, 3.05) is 7.11 Å². The van der Waals surface area contributed by atoms with E-state index in [9.17, 15) is 0 Å². The number of ether oxygens (including phenoxy) is 1. The van der Waals surface area contributed by atoms with Crippen molar-refractivity contribution in [1.82, 2.24) is 15.3 Å². The van der Waals surface area contributed by atoms with Crippen molar-refractivity contribution in [2.45, 2.75) is 71.6 Å². The highest BCUT2D eigenvalue weighted by atomic mass is 16.5. The van der Waals surface area contributed by atoms with Crippen LogP contribution in [0.3, 0.4) is 0 Å². The van der Waals surface area contributed by atoms with Gasteiger partial charge in [-0.25, -0.2) is 9.97 Å². The monoisotopic (exact) mass is 277 g/mol.